The van der Waals surface area contributed by atoms with Crippen molar-refractivity contribution in [2.75, 3.05) is 18.5 Å². The molecule has 0 aliphatic rings. The molecule has 2 rings (SSSR count). The summed E-state index contributed by atoms with van der Waals surface area (Å²) in [4.78, 5) is 7.79. The summed E-state index contributed by atoms with van der Waals surface area (Å²) in [6, 6.07) is 7.93. The first-order valence-electron chi connectivity index (χ1n) is 5.71. The molecule has 5 heteroatoms. The van der Waals surface area contributed by atoms with Gasteiger partial charge in [0.05, 0.1) is 0 Å². The van der Waals surface area contributed by atoms with Gasteiger partial charge in [-0.2, -0.15) is 0 Å². The molecule has 0 amide bonds. The second-order valence-corrected chi connectivity index (χ2v) is 5.10. The van der Waals surface area contributed by atoms with Crippen molar-refractivity contribution in [1.29, 1.82) is 5.41 Å². The highest BCUT2D eigenvalue weighted by atomic mass is 32.1. The van der Waals surface area contributed by atoms with Crippen molar-refractivity contribution in [1.82, 2.24) is 4.98 Å². The highest BCUT2D eigenvalue weighted by Gasteiger charge is 2.04. The van der Waals surface area contributed by atoms with E-state index in [0.717, 1.165) is 18.8 Å². The molecule has 2 heterocycles. The smallest absolute Gasteiger partial charge is 0.128 e. The molecule has 0 saturated heterocycles. The number of nitrogens with zero attached hydrogens (tertiary/aromatic N) is 2. The average molecular weight is 260 g/mol. The summed E-state index contributed by atoms with van der Waals surface area (Å²) in [6.07, 6.45) is 2.66. The number of nitrogens with two attached hydrogens (primary N) is 1. The van der Waals surface area contributed by atoms with Gasteiger partial charge < -0.3 is 10.6 Å². The summed E-state index contributed by atoms with van der Waals surface area (Å²) in [7, 11) is 2.02. The summed E-state index contributed by atoms with van der Waals surface area (Å²) in [5.41, 5.74) is 6.05. The number of rotatable bonds is 5. The highest BCUT2D eigenvalue weighted by Crippen LogP contribution is 2.13. The van der Waals surface area contributed by atoms with E-state index in [1.54, 1.807) is 17.5 Å². The van der Waals surface area contributed by atoms with E-state index >= 15 is 0 Å². The Balaban J connectivity index is 1.96. The van der Waals surface area contributed by atoms with E-state index in [1.807, 2.05) is 19.2 Å². The summed E-state index contributed by atoms with van der Waals surface area (Å²) in [5.74, 6) is 0.951. The van der Waals surface area contributed by atoms with Gasteiger partial charge in [-0.25, -0.2) is 4.98 Å². The Kier molecular flexibility index (Phi) is 3.94. The van der Waals surface area contributed by atoms with Gasteiger partial charge in [0, 0.05) is 30.2 Å². The minimum atomic E-state index is 0.0512. The molecule has 0 fully saturated rings. The SMILES string of the molecule is CN(CCc1cccs1)c1ccc(C(=N)N)cn1. The fourth-order valence-corrected chi connectivity index (χ4v) is 2.32. The molecule has 0 radical (unpaired) electrons. The van der Waals surface area contributed by atoms with Crippen molar-refractivity contribution < 1.29 is 0 Å². The maximum Gasteiger partial charge on any atom is 0.128 e. The first-order chi connectivity index (χ1) is 8.66. The summed E-state index contributed by atoms with van der Waals surface area (Å²) >= 11 is 1.77. The zero-order valence-electron chi connectivity index (χ0n) is 10.3. The van der Waals surface area contributed by atoms with Crippen molar-refractivity contribution in [3.8, 4) is 0 Å². The number of anilines is 1. The molecule has 0 spiro atoms. The third kappa shape index (κ3) is 3.07. The van der Waals surface area contributed by atoms with E-state index in [1.165, 1.54) is 4.88 Å². The predicted molar refractivity (Wildman–Crippen MR) is 76.5 cm³/mol. The number of aromatic nitrogens is 1. The minimum Gasteiger partial charge on any atom is -0.384 e. The van der Waals surface area contributed by atoms with Gasteiger partial charge in [0.1, 0.15) is 11.7 Å². The Morgan fingerprint density at radius 1 is 1.44 bits per heavy atom. The monoisotopic (exact) mass is 260 g/mol. The van der Waals surface area contributed by atoms with Crippen LogP contribution >= 0.6 is 11.3 Å². The van der Waals surface area contributed by atoms with E-state index < -0.39 is 0 Å². The van der Waals surface area contributed by atoms with Crippen LogP contribution < -0.4 is 10.6 Å². The lowest BCUT2D eigenvalue weighted by Gasteiger charge is -2.17. The quantitative estimate of drug-likeness (QED) is 0.639. The zero-order chi connectivity index (χ0) is 13.0. The molecule has 94 valence electrons. The van der Waals surface area contributed by atoms with Crippen LogP contribution in [0.2, 0.25) is 0 Å². The van der Waals surface area contributed by atoms with Gasteiger partial charge in [0.2, 0.25) is 0 Å². The van der Waals surface area contributed by atoms with Crippen LogP contribution in [0.15, 0.2) is 35.8 Å². The highest BCUT2D eigenvalue weighted by molar-refractivity contribution is 7.09. The van der Waals surface area contributed by atoms with E-state index in [0.29, 0.717) is 5.56 Å². The van der Waals surface area contributed by atoms with Gasteiger partial charge in [0.15, 0.2) is 0 Å². The van der Waals surface area contributed by atoms with Gasteiger partial charge in [0.25, 0.3) is 0 Å². The lowest BCUT2D eigenvalue weighted by Crippen LogP contribution is -2.21. The topological polar surface area (TPSA) is 66.0 Å². The number of likely N-dealkylation sites (N-methyl/N-ethyl adjacent to an activating group) is 1. The van der Waals surface area contributed by atoms with Crippen LogP contribution in [-0.2, 0) is 6.42 Å². The molecule has 2 aromatic rings. The van der Waals surface area contributed by atoms with E-state index in [4.69, 9.17) is 11.1 Å². The first-order valence-corrected chi connectivity index (χ1v) is 6.59. The minimum absolute atomic E-state index is 0.0512. The molecule has 0 aliphatic carbocycles. The number of pyridine rings is 1. The Bertz CT molecular complexity index is 504. The normalized spacial score (nSPS) is 10.3. The maximum atomic E-state index is 7.31. The molecule has 0 unspecified atom stereocenters. The fraction of sp³-hybridized carbons (Fsp3) is 0.231. The van der Waals surface area contributed by atoms with Crippen LogP contribution in [0.3, 0.4) is 0 Å². The maximum absolute atomic E-state index is 7.31. The molecule has 2 aromatic heterocycles. The summed E-state index contributed by atoms with van der Waals surface area (Å²) in [5, 5.41) is 9.41. The third-order valence-electron chi connectivity index (χ3n) is 2.72. The molecular formula is C13H16N4S. The third-order valence-corrected chi connectivity index (χ3v) is 3.66. The predicted octanol–water partition coefficient (Wildman–Crippen LogP) is 2.11. The lowest BCUT2D eigenvalue weighted by atomic mass is 10.2. The molecule has 0 aromatic carbocycles. The van der Waals surface area contributed by atoms with Crippen LogP contribution in [0.25, 0.3) is 0 Å². The van der Waals surface area contributed by atoms with Crippen LogP contribution in [0, 0.1) is 5.41 Å². The number of nitrogen functional groups attached to an aromatic ring is 1. The Morgan fingerprint density at radius 2 is 2.28 bits per heavy atom. The Hall–Kier alpha value is -1.88. The van der Waals surface area contributed by atoms with Gasteiger partial charge >= 0.3 is 0 Å². The van der Waals surface area contributed by atoms with Crippen LogP contribution in [-0.4, -0.2) is 24.4 Å². The molecule has 0 saturated carbocycles. The number of amidine groups is 1. The summed E-state index contributed by atoms with van der Waals surface area (Å²) in [6.45, 7) is 0.924. The zero-order valence-corrected chi connectivity index (χ0v) is 11.1. The second-order valence-electron chi connectivity index (χ2n) is 4.07. The Labute approximate surface area is 111 Å². The fourth-order valence-electron chi connectivity index (χ4n) is 1.62. The van der Waals surface area contributed by atoms with E-state index in [2.05, 4.69) is 27.4 Å². The first kappa shape index (κ1) is 12.6. The van der Waals surface area contributed by atoms with E-state index in [-0.39, 0.29) is 5.84 Å². The number of hydrogen-bond donors (Lipinski definition) is 2. The molecule has 0 atom stereocenters. The Morgan fingerprint density at radius 3 is 2.83 bits per heavy atom. The molecule has 18 heavy (non-hydrogen) atoms. The lowest BCUT2D eigenvalue weighted by molar-refractivity contribution is 0.869. The van der Waals surface area contributed by atoms with Gasteiger partial charge in [-0.15, -0.1) is 11.3 Å². The number of nitrogens with one attached hydrogen (secondary N) is 1. The molecule has 4 nitrogen and oxygen atoms in total. The van der Waals surface area contributed by atoms with Crippen molar-refractivity contribution in [2.45, 2.75) is 6.42 Å². The van der Waals surface area contributed by atoms with Gasteiger partial charge in [-0.3, -0.25) is 5.41 Å². The van der Waals surface area contributed by atoms with Crippen molar-refractivity contribution in [3.05, 3.63) is 46.3 Å². The molecule has 0 bridgehead atoms. The largest absolute Gasteiger partial charge is 0.384 e. The molecular weight excluding hydrogens is 244 g/mol. The summed E-state index contributed by atoms with van der Waals surface area (Å²) < 4.78 is 0. The van der Waals surface area contributed by atoms with Crippen molar-refractivity contribution in [2.24, 2.45) is 5.73 Å². The standard InChI is InChI=1S/C13H16N4S/c1-17(7-6-11-3-2-8-18-11)12-5-4-10(9-16-12)13(14)15/h2-5,8-9H,6-7H2,1H3,(H3,14,15). The van der Waals surface area contributed by atoms with Crippen LogP contribution in [0.5, 0.6) is 0 Å². The van der Waals surface area contributed by atoms with E-state index in [9.17, 15) is 0 Å². The number of hydrogen-bond acceptors (Lipinski definition) is 4. The molecule has 0 aliphatic heterocycles. The van der Waals surface area contributed by atoms with Gasteiger partial charge in [-0.1, -0.05) is 6.07 Å². The van der Waals surface area contributed by atoms with Crippen LogP contribution in [0.4, 0.5) is 5.82 Å². The van der Waals surface area contributed by atoms with Gasteiger partial charge in [-0.05, 0) is 30.0 Å². The second kappa shape index (κ2) is 5.64. The van der Waals surface area contributed by atoms with Crippen molar-refractivity contribution in [3.63, 3.8) is 0 Å². The molecule has 3 N–H and O–H groups in total. The van der Waals surface area contributed by atoms with Crippen molar-refractivity contribution >= 4 is 23.0 Å². The number of thiophene rings is 1. The average Bonchev–Trinajstić information content (AvgIpc) is 2.89. The van der Waals surface area contributed by atoms with Crippen LogP contribution in [0.1, 0.15) is 10.4 Å².